The molecular formula is C30H29F3N2O6. The summed E-state index contributed by atoms with van der Waals surface area (Å²) in [5, 5.41) is 13.4. The molecule has 3 aromatic rings. The summed E-state index contributed by atoms with van der Waals surface area (Å²) in [6.07, 6.45) is -7.36. The van der Waals surface area contributed by atoms with Crippen molar-refractivity contribution >= 4 is 18.0 Å². The second-order valence-corrected chi connectivity index (χ2v) is 9.63. The molecule has 0 fully saturated rings. The first kappa shape index (κ1) is 29.6. The number of aliphatic carboxylic acids is 1. The van der Waals surface area contributed by atoms with Crippen molar-refractivity contribution in [1.29, 1.82) is 0 Å². The van der Waals surface area contributed by atoms with E-state index in [0.717, 1.165) is 27.8 Å². The predicted molar refractivity (Wildman–Crippen MR) is 143 cm³/mol. The van der Waals surface area contributed by atoms with Gasteiger partial charge in [0, 0.05) is 12.5 Å². The van der Waals surface area contributed by atoms with E-state index in [1.807, 2.05) is 59.2 Å². The Morgan fingerprint density at radius 2 is 1.46 bits per heavy atom. The quantitative estimate of drug-likeness (QED) is 0.303. The summed E-state index contributed by atoms with van der Waals surface area (Å²) in [7, 11) is 0. The topological polar surface area (TPSA) is 114 Å². The van der Waals surface area contributed by atoms with Crippen LogP contribution in [-0.2, 0) is 25.7 Å². The van der Waals surface area contributed by atoms with Gasteiger partial charge in [-0.3, -0.25) is 4.79 Å². The first-order valence-electron chi connectivity index (χ1n) is 12.9. The van der Waals surface area contributed by atoms with Crippen LogP contribution in [0.25, 0.3) is 11.1 Å². The van der Waals surface area contributed by atoms with Gasteiger partial charge in [0.15, 0.2) is 12.0 Å². The van der Waals surface area contributed by atoms with Crippen LogP contribution in [-0.4, -0.2) is 54.5 Å². The van der Waals surface area contributed by atoms with Gasteiger partial charge in [0.25, 0.3) is 0 Å². The predicted octanol–water partition coefficient (Wildman–Crippen LogP) is 4.88. The molecule has 11 heteroatoms. The lowest BCUT2D eigenvalue weighted by atomic mass is 9.98. The summed E-state index contributed by atoms with van der Waals surface area (Å²) in [4.78, 5) is 36.7. The highest BCUT2D eigenvalue weighted by Crippen LogP contribution is 2.44. The maximum Gasteiger partial charge on any atom is 0.407 e. The first-order chi connectivity index (χ1) is 19.6. The number of carbonyl (C=O) groups is 3. The first-order valence-corrected chi connectivity index (χ1v) is 12.9. The molecule has 4 rings (SSSR count). The number of carboxylic acid groups (broad SMARTS) is 1. The van der Waals surface area contributed by atoms with Crippen LogP contribution < -0.4 is 10.6 Å². The third-order valence-corrected chi connectivity index (χ3v) is 6.89. The molecule has 1 aliphatic carbocycles. The molecule has 2 amide bonds. The molecule has 8 nitrogen and oxygen atoms in total. The lowest BCUT2D eigenvalue weighted by molar-refractivity contribution is -0.183. The zero-order valence-corrected chi connectivity index (χ0v) is 22.1. The van der Waals surface area contributed by atoms with Crippen molar-refractivity contribution < 1.29 is 42.1 Å². The summed E-state index contributed by atoms with van der Waals surface area (Å²) in [5.41, 5.74) is 4.55. The van der Waals surface area contributed by atoms with Crippen LogP contribution in [0.5, 0.6) is 0 Å². The normalized spacial score (nSPS) is 14.7. The molecule has 0 heterocycles. The van der Waals surface area contributed by atoms with Gasteiger partial charge in [-0.15, -0.1) is 0 Å². The standard InChI is InChI=1S/C30H29F3N2O6/c1-18(40-16-19-9-3-2-4-10-19)26(28(37)38)35-27(36)25(30(31,32)33)15-34-29(39)41-17-24-22-13-7-5-11-20(22)21-12-6-8-14-23(21)24/h2-14,18,24-26H,15-17H2,1H3,(H,34,39)(H,35,36)(H,37,38)/t18-,25?,26+/m0/s1. The Morgan fingerprint density at radius 1 is 0.902 bits per heavy atom. The molecule has 0 spiro atoms. The molecule has 41 heavy (non-hydrogen) atoms. The molecule has 1 unspecified atom stereocenters. The number of fused-ring (bicyclic) bond motifs is 3. The fourth-order valence-electron chi connectivity index (χ4n) is 4.72. The van der Waals surface area contributed by atoms with Crippen LogP contribution in [0.4, 0.5) is 18.0 Å². The number of nitrogens with one attached hydrogen (secondary N) is 2. The number of hydrogen-bond acceptors (Lipinski definition) is 5. The van der Waals surface area contributed by atoms with Gasteiger partial charge in [-0.2, -0.15) is 13.2 Å². The van der Waals surface area contributed by atoms with Gasteiger partial charge >= 0.3 is 18.2 Å². The van der Waals surface area contributed by atoms with Gasteiger partial charge in [-0.1, -0.05) is 78.9 Å². The molecule has 216 valence electrons. The summed E-state index contributed by atoms with van der Waals surface area (Å²) in [6, 6.07) is 22.1. The average molecular weight is 571 g/mol. The number of benzene rings is 3. The van der Waals surface area contributed by atoms with Crippen LogP contribution in [0.2, 0.25) is 0 Å². The SMILES string of the molecule is C[C@H](OCc1ccccc1)[C@@H](NC(=O)C(CNC(=O)OCC1c2ccccc2-c2ccccc21)C(F)(F)F)C(=O)O. The van der Waals surface area contributed by atoms with Crippen molar-refractivity contribution in [3.05, 3.63) is 95.6 Å². The fourth-order valence-corrected chi connectivity index (χ4v) is 4.72. The van der Waals surface area contributed by atoms with E-state index in [1.54, 1.807) is 30.3 Å². The van der Waals surface area contributed by atoms with E-state index in [2.05, 4.69) is 0 Å². The molecule has 3 atom stereocenters. The van der Waals surface area contributed by atoms with Crippen LogP contribution >= 0.6 is 0 Å². The average Bonchev–Trinajstić information content (AvgIpc) is 3.27. The van der Waals surface area contributed by atoms with Crippen molar-refractivity contribution in [2.75, 3.05) is 13.2 Å². The second kappa shape index (κ2) is 12.9. The molecule has 0 aromatic heterocycles. The third-order valence-electron chi connectivity index (χ3n) is 6.89. The minimum absolute atomic E-state index is 0.00625. The molecule has 0 aliphatic heterocycles. The Balaban J connectivity index is 1.34. The summed E-state index contributed by atoms with van der Waals surface area (Å²) >= 11 is 0. The van der Waals surface area contributed by atoms with E-state index in [9.17, 15) is 32.7 Å². The van der Waals surface area contributed by atoms with Crippen LogP contribution in [0, 0.1) is 5.92 Å². The maximum absolute atomic E-state index is 13.8. The molecule has 3 aromatic carbocycles. The zero-order chi connectivity index (χ0) is 29.6. The van der Waals surface area contributed by atoms with Crippen LogP contribution in [0.3, 0.4) is 0 Å². The van der Waals surface area contributed by atoms with Crippen molar-refractivity contribution in [2.24, 2.45) is 5.92 Å². The zero-order valence-electron chi connectivity index (χ0n) is 22.1. The van der Waals surface area contributed by atoms with Crippen molar-refractivity contribution in [2.45, 2.75) is 37.8 Å². The van der Waals surface area contributed by atoms with E-state index < -0.39 is 48.8 Å². The lowest BCUT2D eigenvalue weighted by Gasteiger charge is -2.26. The maximum atomic E-state index is 13.8. The number of hydrogen-bond donors (Lipinski definition) is 3. The highest BCUT2D eigenvalue weighted by molar-refractivity contribution is 5.86. The fraction of sp³-hybridized carbons (Fsp3) is 0.300. The second-order valence-electron chi connectivity index (χ2n) is 9.63. The molecule has 0 radical (unpaired) electrons. The Labute approximate surface area is 234 Å². The minimum atomic E-state index is -5.07. The van der Waals surface area contributed by atoms with Crippen LogP contribution in [0.15, 0.2) is 78.9 Å². The van der Waals surface area contributed by atoms with Crippen molar-refractivity contribution in [3.8, 4) is 11.1 Å². The van der Waals surface area contributed by atoms with E-state index >= 15 is 0 Å². The number of ether oxygens (including phenoxy) is 2. The van der Waals surface area contributed by atoms with Gasteiger partial charge in [-0.05, 0) is 34.7 Å². The van der Waals surface area contributed by atoms with E-state index in [-0.39, 0.29) is 19.1 Å². The monoisotopic (exact) mass is 570 g/mol. The van der Waals surface area contributed by atoms with Gasteiger partial charge in [0.05, 0.1) is 12.7 Å². The summed E-state index contributed by atoms with van der Waals surface area (Å²) in [5.74, 6) is -6.20. The Kier molecular flexibility index (Phi) is 9.28. The number of alkyl carbamates (subject to hydrolysis) is 1. The molecule has 3 N–H and O–H groups in total. The smallest absolute Gasteiger partial charge is 0.407 e. The van der Waals surface area contributed by atoms with Crippen molar-refractivity contribution in [1.82, 2.24) is 10.6 Å². The van der Waals surface area contributed by atoms with E-state index in [1.165, 1.54) is 6.92 Å². The van der Waals surface area contributed by atoms with E-state index in [4.69, 9.17) is 9.47 Å². The summed E-state index contributed by atoms with van der Waals surface area (Å²) < 4.78 is 52.1. The molecule has 1 aliphatic rings. The van der Waals surface area contributed by atoms with Gasteiger partial charge < -0.3 is 25.2 Å². The molecule has 0 bridgehead atoms. The summed E-state index contributed by atoms with van der Waals surface area (Å²) in [6.45, 7) is 0.0604. The molecular weight excluding hydrogens is 541 g/mol. The van der Waals surface area contributed by atoms with Crippen LogP contribution in [0.1, 0.15) is 29.5 Å². The van der Waals surface area contributed by atoms with Crippen molar-refractivity contribution in [3.63, 3.8) is 0 Å². The Bertz CT molecular complexity index is 1340. The Morgan fingerprint density at radius 3 is 2.02 bits per heavy atom. The number of carboxylic acids is 1. The third kappa shape index (κ3) is 7.23. The number of rotatable bonds is 11. The van der Waals surface area contributed by atoms with Gasteiger partial charge in [0.1, 0.15) is 6.61 Å². The highest BCUT2D eigenvalue weighted by atomic mass is 19.4. The Hall–Kier alpha value is -4.38. The lowest BCUT2D eigenvalue weighted by Crippen LogP contribution is -2.54. The molecule has 0 saturated heterocycles. The largest absolute Gasteiger partial charge is 0.480 e. The van der Waals surface area contributed by atoms with Gasteiger partial charge in [0.2, 0.25) is 5.91 Å². The number of halogens is 3. The highest BCUT2D eigenvalue weighted by Gasteiger charge is 2.46. The molecule has 0 saturated carbocycles. The number of amides is 2. The van der Waals surface area contributed by atoms with Gasteiger partial charge in [-0.25, -0.2) is 9.59 Å². The minimum Gasteiger partial charge on any atom is -0.480 e. The number of carbonyl (C=O) groups excluding carboxylic acids is 2. The van der Waals surface area contributed by atoms with E-state index in [0.29, 0.717) is 0 Å². The number of alkyl halides is 3.